The maximum absolute atomic E-state index is 13.8. The van der Waals surface area contributed by atoms with Crippen LogP contribution in [0.25, 0.3) is 17.0 Å². The number of carbonyl (C=O) groups is 1. The Labute approximate surface area is 204 Å². The number of ether oxygens (including phenoxy) is 1. The first-order valence-corrected chi connectivity index (χ1v) is 10.9. The van der Waals surface area contributed by atoms with Gasteiger partial charge in [-0.25, -0.2) is 13.6 Å². The predicted molar refractivity (Wildman–Crippen MR) is 127 cm³/mol. The van der Waals surface area contributed by atoms with E-state index in [1.807, 2.05) is 0 Å². The quantitative estimate of drug-likeness (QED) is 0.387. The molecule has 1 atom stereocenters. The monoisotopic (exact) mass is 490 g/mol. The van der Waals surface area contributed by atoms with Crippen LogP contribution in [0, 0.1) is 11.6 Å². The zero-order valence-corrected chi connectivity index (χ0v) is 19.2. The maximum atomic E-state index is 13.8. The summed E-state index contributed by atoms with van der Waals surface area (Å²) in [6, 6.07) is 14.7. The highest BCUT2D eigenvalue weighted by molar-refractivity contribution is 6.01. The van der Waals surface area contributed by atoms with E-state index in [4.69, 9.17) is 9.26 Å². The molecule has 0 saturated heterocycles. The third kappa shape index (κ3) is 4.13. The van der Waals surface area contributed by atoms with Crippen molar-refractivity contribution in [3.8, 4) is 22.9 Å². The fraction of sp³-hybridized carbons (Fsp3) is 0.115. The Bertz CT molecular complexity index is 1480. The standard InChI is InChI=1S/C26H20F2N4O4/c1-14-22(25-30-24(31-36-25)16-4-3-5-18(28)12-16)23(15-6-11-21(35-2)20(33)13-15)29-26(34)32(14)19-9-7-17(27)8-10-19/h3-13,23,33H,1-2H3,(H,29,34). The first kappa shape index (κ1) is 23.0. The average Bonchev–Trinajstić information content (AvgIpc) is 3.34. The molecule has 5 rings (SSSR count). The van der Waals surface area contributed by atoms with Crippen molar-refractivity contribution < 1.29 is 27.9 Å². The Kier molecular flexibility index (Phi) is 5.85. The van der Waals surface area contributed by atoms with Crippen LogP contribution in [0.2, 0.25) is 0 Å². The molecule has 1 aliphatic rings. The molecular weight excluding hydrogens is 470 g/mol. The number of hydrogen-bond donors (Lipinski definition) is 2. The molecular formula is C26H20F2N4O4. The zero-order valence-electron chi connectivity index (χ0n) is 19.2. The summed E-state index contributed by atoms with van der Waals surface area (Å²) < 4.78 is 38.0. The Morgan fingerprint density at radius 2 is 1.83 bits per heavy atom. The van der Waals surface area contributed by atoms with E-state index in [0.717, 1.165) is 0 Å². The van der Waals surface area contributed by atoms with E-state index in [-0.39, 0.29) is 23.2 Å². The highest BCUT2D eigenvalue weighted by atomic mass is 19.1. The Morgan fingerprint density at radius 3 is 2.53 bits per heavy atom. The molecule has 2 amide bonds. The third-order valence-corrected chi connectivity index (χ3v) is 5.85. The number of rotatable bonds is 5. The number of benzene rings is 3. The third-order valence-electron chi connectivity index (χ3n) is 5.85. The van der Waals surface area contributed by atoms with Crippen LogP contribution < -0.4 is 15.0 Å². The summed E-state index contributed by atoms with van der Waals surface area (Å²) in [7, 11) is 1.43. The number of urea groups is 1. The van der Waals surface area contributed by atoms with E-state index in [1.54, 1.807) is 25.1 Å². The molecule has 0 bridgehead atoms. The van der Waals surface area contributed by atoms with E-state index in [9.17, 15) is 18.7 Å². The number of phenolic OH excluding ortho intramolecular Hbond substituents is 1. The molecule has 0 saturated carbocycles. The van der Waals surface area contributed by atoms with Crippen LogP contribution in [0.1, 0.15) is 24.4 Å². The van der Waals surface area contributed by atoms with Crippen molar-refractivity contribution in [3.63, 3.8) is 0 Å². The molecule has 8 nitrogen and oxygen atoms in total. The highest BCUT2D eigenvalue weighted by Crippen LogP contribution is 2.41. The van der Waals surface area contributed by atoms with Crippen LogP contribution in [0.3, 0.4) is 0 Å². The van der Waals surface area contributed by atoms with Crippen molar-refractivity contribution in [1.82, 2.24) is 15.5 Å². The van der Waals surface area contributed by atoms with Gasteiger partial charge in [-0.05, 0) is 61.0 Å². The van der Waals surface area contributed by atoms with Crippen LogP contribution in [-0.2, 0) is 0 Å². The minimum atomic E-state index is -0.785. The van der Waals surface area contributed by atoms with E-state index in [0.29, 0.717) is 28.1 Å². The lowest BCUT2D eigenvalue weighted by molar-refractivity contribution is 0.244. The Morgan fingerprint density at radius 1 is 1.06 bits per heavy atom. The number of nitrogens with one attached hydrogen (secondary N) is 1. The fourth-order valence-electron chi connectivity index (χ4n) is 4.14. The average molecular weight is 490 g/mol. The van der Waals surface area contributed by atoms with Crippen molar-refractivity contribution in [2.75, 3.05) is 12.0 Å². The summed E-state index contributed by atoms with van der Waals surface area (Å²) in [4.78, 5) is 19.0. The van der Waals surface area contributed by atoms with Gasteiger partial charge in [0.05, 0.1) is 24.4 Å². The molecule has 10 heteroatoms. The second-order valence-electron chi connectivity index (χ2n) is 8.06. The van der Waals surface area contributed by atoms with Gasteiger partial charge in [-0.1, -0.05) is 23.4 Å². The van der Waals surface area contributed by atoms with Crippen molar-refractivity contribution in [1.29, 1.82) is 0 Å². The smallest absolute Gasteiger partial charge is 0.326 e. The van der Waals surface area contributed by atoms with Crippen molar-refractivity contribution in [3.05, 3.63) is 95.5 Å². The van der Waals surface area contributed by atoms with Crippen LogP contribution in [0.5, 0.6) is 11.5 Å². The van der Waals surface area contributed by atoms with Gasteiger partial charge in [-0.15, -0.1) is 0 Å². The van der Waals surface area contributed by atoms with Gasteiger partial charge in [0.2, 0.25) is 5.82 Å². The molecule has 2 N–H and O–H groups in total. The number of halogens is 2. The van der Waals surface area contributed by atoms with E-state index in [2.05, 4.69) is 15.5 Å². The maximum Gasteiger partial charge on any atom is 0.326 e. The van der Waals surface area contributed by atoms with Gasteiger partial charge >= 0.3 is 6.03 Å². The summed E-state index contributed by atoms with van der Waals surface area (Å²) in [6.07, 6.45) is 0. The van der Waals surface area contributed by atoms with Crippen molar-refractivity contribution in [2.24, 2.45) is 0 Å². The predicted octanol–water partition coefficient (Wildman–Crippen LogP) is 5.43. The Hall–Kier alpha value is -4.73. The summed E-state index contributed by atoms with van der Waals surface area (Å²) in [5, 5.41) is 17.3. The minimum Gasteiger partial charge on any atom is -0.504 e. The van der Waals surface area contributed by atoms with Gasteiger partial charge in [-0.2, -0.15) is 4.98 Å². The second-order valence-corrected chi connectivity index (χ2v) is 8.06. The largest absolute Gasteiger partial charge is 0.504 e. The fourth-order valence-corrected chi connectivity index (χ4v) is 4.14. The van der Waals surface area contributed by atoms with Gasteiger partial charge in [0.25, 0.3) is 5.89 Å². The number of nitrogens with zero attached hydrogens (tertiary/aromatic N) is 3. The molecule has 1 unspecified atom stereocenters. The molecule has 4 aromatic rings. The van der Waals surface area contributed by atoms with Crippen molar-refractivity contribution >= 4 is 17.3 Å². The number of methoxy groups -OCH3 is 1. The summed E-state index contributed by atoms with van der Waals surface area (Å²) >= 11 is 0. The van der Waals surface area contributed by atoms with Gasteiger partial charge < -0.3 is 19.7 Å². The molecule has 2 heterocycles. The molecule has 3 aromatic carbocycles. The number of anilines is 1. The molecule has 0 spiro atoms. The molecule has 0 radical (unpaired) electrons. The first-order chi connectivity index (χ1) is 17.4. The molecule has 0 fully saturated rings. The van der Waals surface area contributed by atoms with E-state index in [1.165, 1.54) is 60.5 Å². The highest BCUT2D eigenvalue weighted by Gasteiger charge is 2.37. The molecule has 0 aliphatic carbocycles. The van der Waals surface area contributed by atoms with Crippen LogP contribution in [0.4, 0.5) is 19.3 Å². The van der Waals surface area contributed by atoms with Gasteiger partial charge in [0, 0.05) is 11.3 Å². The summed E-state index contributed by atoms with van der Waals surface area (Å²) in [6.45, 7) is 1.69. The summed E-state index contributed by atoms with van der Waals surface area (Å²) in [5.74, 6) is -0.504. The van der Waals surface area contributed by atoms with Crippen molar-refractivity contribution in [2.45, 2.75) is 13.0 Å². The van der Waals surface area contributed by atoms with Gasteiger partial charge in [-0.3, -0.25) is 4.90 Å². The number of amides is 2. The zero-order chi connectivity index (χ0) is 25.4. The SMILES string of the molecule is COc1ccc(C2NC(=O)N(c3ccc(F)cc3)C(C)=C2c2nc(-c3cccc(F)c3)no2)cc1O. The lowest BCUT2D eigenvalue weighted by Gasteiger charge is -2.35. The number of allylic oxidation sites excluding steroid dienone is 1. The molecule has 182 valence electrons. The van der Waals surface area contributed by atoms with E-state index < -0.39 is 23.7 Å². The van der Waals surface area contributed by atoms with Crippen LogP contribution in [-0.4, -0.2) is 28.4 Å². The minimum absolute atomic E-state index is 0.0826. The van der Waals surface area contributed by atoms with E-state index >= 15 is 0 Å². The second kappa shape index (κ2) is 9.14. The lowest BCUT2D eigenvalue weighted by Crippen LogP contribution is -2.46. The molecule has 1 aromatic heterocycles. The Balaban J connectivity index is 1.66. The topological polar surface area (TPSA) is 101 Å². The lowest BCUT2D eigenvalue weighted by atomic mass is 9.94. The number of aromatic hydroxyl groups is 1. The van der Waals surface area contributed by atoms with Crippen LogP contribution >= 0.6 is 0 Å². The number of aromatic nitrogens is 2. The number of phenols is 1. The van der Waals surface area contributed by atoms with Gasteiger partial charge in [0.15, 0.2) is 11.5 Å². The number of hydrogen-bond acceptors (Lipinski definition) is 6. The molecule has 1 aliphatic heterocycles. The molecule has 36 heavy (non-hydrogen) atoms. The summed E-state index contributed by atoms with van der Waals surface area (Å²) in [5.41, 5.74) is 2.25. The van der Waals surface area contributed by atoms with Gasteiger partial charge in [0.1, 0.15) is 11.6 Å². The first-order valence-electron chi connectivity index (χ1n) is 10.9. The normalized spacial score (nSPS) is 15.7. The number of carbonyl (C=O) groups excluding carboxylic acids is 1. The van der Waals surface area contributed by atoms with Crippen LogP contribution in [0.15, 0.2) is 77.0 Å².